The van der Waals surface area contributed by atoms with E-state index in [1.165, 1.54) is 0 Å². The summed E-state index contributed by atoms with van der Waals surface area (Å²) in [7, 11) is 0. The van der Waals surface area contributed by atoms with Crippen LogP contribution in [0.2, 0.25) is 5.02 Å². The number of nitrogens with two attached hydrogens (primary N) is 1. The highest BCUT2D eigenvalue weighted by atomic mass is 35.5. The van der Waals surface area contributed by atoms with Crippen LogP contribution in [0.1, 0.15) is 12.5 Å². The van der Waals surface area contributed by atoms with Crippen LogP contribution >= 0.6 is 11.6 Å². The maximum absolute atomic E-state index is 8.84. The fraction of sp³-hybridized carbons (Fsp3) is 0.500. The third-order valence-electron chi connectivity index (χ3n) is 3.43. The van der Waals surface area contributed by atoms with E-state index in [2.05, 4.69) is 17.0 Å². The summed E-state index contributed by atoms with van der Waals surface area (Å²) in [5.41, 5.74) is 6.04. The van der Waals surface area contributed by atoms with Gasteiger partial charge in [-0.05, 0) is 18.7 Å². The van der Waals surface area contributed by atoms with E-state index in [1.807, 2.05) is 0 Å². The van der Waals surface area contributed by atoms with E-state index in [0.29, 0.717) is 29.5 Å². The summed E-state index contributed by atoms with van der Waals surface area (Å²) in [4.78, 5) is 2.31. The summed E-state index contributed by atoms with van der Waals surface area (Å²) in [5, 5.41) is 12.2. The highest BCUT2D eigenvalue weighted by Gasteiger charge is 2.21. The van der Waals surface area contributed by atoms with Crippen molar-refractivity contribution in [3.8, 4) is 5.75 Å². The van der Waals surface area contributed by atoms with Crippen LogP contribution in [-0.2, 0) is 4.74 Å². The Morgan fingerprint density at radius 2 is 2.43 bits per heavy atom. The number of hydrogen-bond acceptors (Lipinski definition) is 5. The zero-order valence-electron chi connectivity index (χ0n) is 12.0. The second-order valence-corrected chi connectivity index (χ2v) is 5.20. The van der Waals surface area contributed by atoms with E-state index < -0.39 is 0 Å². The molecule has 1 unspecified atom stereocenters. The average molecular weight is 314 g/mol. The Labute approximate surface area is 129 Å². The van der Waals surface area contributed by atoms with Crippen LogP contribution in [-0.4, -0.2) is 54.9 Å². The summed E-state index contributed by atoms with van der Waals surface area (Å²) >= 11 is 6.08. The maximum Gasteiger partial charge on any atom is 0.175 e. The van der Waals surface area contributed by atoms with Crippen LogP contribution in [0.3, 0.4) is 0 Å². The van der Waals surface area contributed by atoms with Gasteiger partial charge in [-0.3, -0.25) is 4.90 Å². The first-order chi connectivity index (χ1) is 10.2. The molecule has 1 saturated heterocycles. The van der Waals surface area contributed by atoms with Crippen molar-refractivity contribution in [2.45, 2.75) is 13.0 Å². The Hall–Kier alpha value is -1.50. The van der Waals surface area contributed by atoms with Crippen molar-refractivity contribution >= 4 is 17.4 Å². The van der Waals surface area contributed by atoms with Gasteiger partial charge in [-0.25, -0.2) is 0 Å². The molecular weight excluding hydrogens is 294 g/mol. The number of ether oxygens (including phenoxy) is 2. The van der Waals surface area contributed by atoms with E-state index in [-0.39, 0.29) is 11.9 Å². The van der Waals surface area contributed by atoms with Gasteiger partial charge in [-0.15, -0.1) is 0 Å². The molecule has 2 rings (SSSR count). The van der Waals surface area contributed by atoms with Gasteiger partial charge in [-0.1, -0.05) is 29.7 Å². The monoisotopic (exact) mass is 313 g/mol. The highest BCUT2D eigenvalue weighted by Crippen LogP contribution is 2.26. The number of likely N-dealkylation sites (N-methyl/N-ethyl adjacent to an activating group) is 1. The second kappa shape index (κ2) is 7.49. The molecule has 0 bridgehead atoms. The normalized spacial score (nSPS) is 20.5. The van der Waals surface area contributed by atoms with Crippen molar-refractivity contribution in [1.82, 2.24) is 4.90 Å². The van der Waals surface area contributed by atoms with Gasteiger partial charge in [0.05, 0.1) is 17.2 Å². The van der Waals surface area contributed by atoms with Crippen molar-refractivity contribution in [2.75, 3.05) is 32.8 Å². The fourth-order valence-electron chi connectivity index (χ4n) is 2.27. The van der Waals surface area contributed by atoms with Crippen molar-refractivity contribution < 1.29 is 14.7 Å². The molecule has 0 radical (unpaired) electrons. The maximum atomic E-state index is 8.84. The predicted molar refractivity (Wildman–Crippen MR) is 81.3 cm³/mol. The number of oxime groups is 1. The van der Waals surface area contributed by atoms with Crippen LogP contribution < -0.4 is 10.5 Å². The molecule has 1 aromatic carbocycles. The Bertz CT molecular complexity index is 510. The summed E-state index contributed by atoms with van der Waals surface area (Å²) < 4.78 is 11.4. The number of nitrogens with zero attached hydrogens (tertiary/aromatic N) is 2. The van der Waals surface area contributed by atoms with Crippen LogP contribution in [0, 0.1) is 0 Å². The van der Waals surface area contributed by atoms with Crippen LogP contribution in [0.15, 0.2) is 23.4 Å². The molecule has 6 nitrogen and oxygen atoms in total. The molecule has 0 aliphatic carbocycles. The summed E-state index contributed by atoms with van der Waals surface area (Å²) in [6.07, 6.45) is -0.00202. The molecular formula is C14H20ClN3O3. The number of morpholine rings is 1. The minimum atomic E-state index is -0.0738. The summed E-state index contributed by atoms with van der Waals surface area (Å²) in [6, 6.07) is 5.16. The highest BCUT2D eigenvalue weighted by molar-refractivity contribution is 6.34. The van der Waals surface area contributed by atoms with E-state index in [0.717, 1.165) is 19.6 Å². The molecule has 1 atom stereocenters. The van der Waals surface area contributed by atoms with Gasteiger partial charge in [0.15, 0.2) is 5.84 Å². The van der Waals surface area contributed by atoms with Crippen molar-refractivity contribution in [3.05, 3.63) is 28.8 Å². The Balaban J connectivity index is 2.05. The zero-order chi connectivity index (χ0) is 15.2. The van der Waals surface area contributed by atoms with Gasteiger partial charge in [-0.2, -0.15) is 0 Å². The summed E-state index contributed by atoms with van der Waals surface area (Å²) in [6.45, 7) is 5.98. The third-order valence-corrected chi connectivity index (χ3v) is 3.75. The molecule has 116 valence electrons. The SMILES string of the molecule is CCN1CCOC(COc2cccc(Cl)c2/C(N)=N/O)C1. The third kappa shape index (κ3) is 4.00. The Morgan fingerprint density at radius 3 is 3.14 bits per heavy atom. The van der Waals surface area contributed by atoms with E-state index in [9.17, 15) is 0 Å². The lowest BCUT2D eigenvalue weighted by molar-refractivity contribution is -0.0464. The number of benzene rings is 1. The van der Waals surface area contributed by atoms with Crippen molar-refractivity contribution in [1.29, 1.82) is 0 Å². The van der Waals surface area contributed by atoms with E-state index in [4.69, 9.17) is 32.0 Å². The van der Waals surface area contributed by atoms with Gasteiger partial charge in [0.2, 0.25) is 0 Å². The van der Waals surface area contributed by atoms with Gasteiger partial charge < -0.3 is 20.4 Å². The molecule has 1 aliphatic heterocycles. The largest absolute Gasteiger partial charge is 0.490 e. The van der Waals surface area contributed by atoms with Gasteiger partial charge in [0.25, 0.3) is 0 Å². The molecule has 3 N–H and O–H groups in total. The first kappa shape index (κ1) is 15.9. The van der Waals surface area contributed by atoms with Crippen LogP contribution in [0.5, 0.6) is 5.75 Å². The Morgan fingerprint density at radius 1 is 1.62 bits per heavy atom. The first-order valence-electron chi connectivity index (χ1n) is 6.88. The smallest absolute Gasteiger partial charge is 0.175 e. The molecule has 21 heavy (non-hydrogen) atoms. The van der Waals surface area contributed by atoms with Gasteiger partial charge >= 0.3 is 0 Å². The predicted octanol–water partition coefficient (Wildman–Crippen LogP) is 1.53. The van der Waals surface area contributed by atoms with E-state index in [1.54, 1.807) is 18.2 Å². The quantitative estimate of drug-likeness (QED) is 0.373. The molecule has 1 aliphatic rings. The van der Waals surface area contributed by atoms with Crippen molar-refractivity contribution in [3.63, 3.8) is 0 Å². The van der Waals surface area contributed by atoms with Gasteiger partial charge in [0.1, 0.15) is 18.5 Å². The second-order valence-electron chi connectivity index (χ2n) is 4.80. The molecule has 7 heteroatoms. The molecule has 0 amide bonds. The minimum Gasteiger partial charge on any atom is -0.490 e. The lowest BCUT2D eigenvalue weighted by atomic mass is 10.2. The molecule has 1 heterocycles. The summed E-state index contributed by atoms with van der Waals surface area (Å²) in [5.74, 6) is 0.408. The first-order valence-corrected chi connectivity index (χ1v) is 7.26. The topological polar surface area (TPSA) is 80.3 Å². The fourth-order valence-corrected chi connectivity index (χ4v) is 2.54. The number of hydrogen-bond donors (Lipinski definition) is 2. The number of halogens is 1. The molecule has 0 spiro atoms. The molecule has 1 fully saturated rings. The van der Waals surface area contributed by atoms with Crippen LogP contribution in [0.4, 0.5) is 0 Å². The van der Waals surface area contributed by atoms with Crippen molar-refractivity contribution in [2.24, 2.45) is 10.9 Å². The lowest BCUT2D eigenvalue weighted by Gasteiger charge is -2.32. The lowest BCUT2D eigenvalue weighted by Crippen LogP contribution is -2.44. The van der Waals surface area contributed by atoms with E-state index >= 15 is 0 Å². The molecule has 0 saturated carbocycles. The zero-order valence-corrected chi connectivity index (χ0v) is 12.7. The Kier molecular flexibility index (Phi) is 5.67. The van der Waals surface area contributed by atoms with Crippen LogP contribution in [0.25, 0.3) is 0 Å². The van der Waals surface area contributed by atoms with Gasteiger partial charge in [0, 0.05) is 13.1 Å². The molecule has 0 aromatic heterocycles. The average Bonchev–Trinajstić information content (AvgIpc) is 2.52. The standard InChI is InChI=1S/C14H20ClN3O3/c1-2-18-6-7-20-10(8-18)9-21-12-5-3-4-11(15)13(12)14(16)17-19/h3-5,10,19H,2,6-9H2,1H3,(H2,16,17). The number of amidine groups is 1. The molecule has 1 aromatic rings. The number of rotatable bonds is 5. The minimum absolute atomic E-state index is 0.00202.